The zero-order valence-electron chi connectivity index (χ0n) is 20.0. The maximum Gasteiger partial charge on any atom is 0.217 e. The number of aromatic nitrogens is 1. The maximum atomic E-state index is 6.04. The summed E-state index contributed by atoms with van der Waals surface area (Å²) in [5.74, 6) is 1.25. The molecule has 2 aromatic rings. The monoisotopic (exact) mass is 452 g/mol. The van der Waals surface area contributed by atoms with Gasteiger partial charge in [-0.05, 0) is 30.5 Å². The molecule has 3 rings (SSSR count). The second-order valence-electron chi connectivity index (χ2n) is 7.82. The van der Waals surface area contributed by atoms with Gasteiger partial charge in [0.2, 0.25) is 5.88 Å². The lowest BCUT2D eigenvalue weighted by atomic mass is 10.2. The lowest BCUT2D eigenvalue weighted by Gasteiger charge is -2.25. The molecule has 0 saturated carbocycles. The van der Waals surface area contributed by atoms with Crippen LogP contribution in [-0.2, 0) is 4.74 Å². The van der Waals surface area contributed by atoms with Crippen molar-refractivity contribution in [3.63, 3.8) is 0 Å². The van der Waals surface area contributed by atoms with Gasteiger partial charge in [-0.1, -0.05) is 26.0 Å². The molecule has 0 atom stereocenters. The number of ether oxygens (including phenoxy) is 2. The first-order valence-electron chi connectivity index (χ1n) is 11.7. The molecule has 0 spiro atoms. The molecule has 1 aliphatic rings. The number of hydrazone groups is 1. The summed E-state index contributed by atoms with van der Waals surface area (Å²) >= 11 is 0. The minimum absolute atomic E-state index is 0.544. The van der Waals surface area contributed by atoms with Crippen LogP contribution < -0.4 is 20.4 Å². The number of rotatable bonds is 13. The predicted molar refractivity (Wildman–Crippen MR) is 136 cm³/mol. The van der Waals surface area contributed by atoms with E-state index in [1.54, 1.807) is 12.5 Å². The fourth-order valence-corrected chi connectivity index (χ4v) is 3.56. The third kappa shape index (κ3) is 7.89. The molecule has 33 heavy (non-hydrogen) atoms. The average molecular weight is 453 g/mol. The number of nitrogens with one attached hydrogen (secondary N) is 2. The van der Waals surface area contributed by atoms with Crippen molar-refractivity contribution < 1.29 is 9.47 Å². The number of hydrogen-bond donors (Lipinski definition) is 2. The number of pyridine rings is 1. The molecule has 1 aliphatic heterocycles. The molecular formula is C25H36N6O2. The largest absolute Gasteiger partial charge is 0.498 e. The van der Waals surface area contributed by atoms with E-state index in [1.807, 2.05) is 49.6 Å². The Morgan fingerprint density at radius 3 is 2.79 bits per heavy atom. The number of nitrogens with zero attached hydrogens (tertiary/aromatic N) is 4. The van der Waals surface area contributed by atoms with Gasteiger partial charge in [0.05, 0.1) is 25.6 Å². The highest BCUT2D eigenvalue weighted by Gasteiger charge is 2.11. The summed E-state index contributed by atoms with van der Waals surface area (Å²) in [6, 6.07) is 12.1. The number of benzene rings is 1. The van der Waals surface area contributed by atoms with Crippen molar-refractivity contribution in [2.75, 3.05) is 62.1 Å². The van der Waals surface area contributed by atoms with Gasteiger partial charge >= 0.3 is 0 Å². The first kappa shape index (κ1) is 24.2. The standard InChI is InChI=1S/C25H36N6O2/c1-4-9-31(10-5-2)23-18-24(29-27-20-21-7-6-8-22(17-21)26-3)28-25(19-23)33-16-13-30-11-14-32-15-12-30/h6-8,11,14,17-20,26H,4-5,9-10,12-13,15-16H2,1-3H3,(H,28,29)/b27-20+. The molecule has 0 unspecified atom stereocenters. The van der Waals surface area contributed by atoms with Crippen molar-refractivity contribution in [2.45, 2.75) is 26.7 Å². The van der Waals surface area contributed by atoms with Crippen LogP contribution in [0, 0.1) is 0 Å². The minimum Gasteiger partial charge on any atom is -0.498 e. The van der Waals surface area contributed by atoms with Crippen molar-refractivity contribution in [3.8, 4) is 5.88 Å². The Balaban J connectivity index is 1.72. The average Bonchev–Trinajstić information content (AvgIpc) is 2.85. The quantitative estimate of drug-likeness (QED) is 0.345. The SMILES string of the molecule is CCCN(CCC)c1cc(N/N=C/c2cccc(NC)c2)nc(OCCN2C=COCC2)c1. The second-order valence-corrected chi connectivity index (χ2v) is 7.82. The van der Waals surface area contributed by atoms with E-state index >= 15 is 0 Å². The Kier molecular flexibility index (Phi) is 9.69. The predicted octanol–water partition coefficient (Wildman–Crippen LogP) is 4.38. The van der Waals surface area contributed by atoms with Gasteiger partial charge in [-0.25, -0.2) is 0 Å². The molecule has 0 bridgehead atoms. The molecule has 0 saturated heterocycles. The van der Waals surface area contributed by atoms with Crippen LogP contribution in [0.1, 0.15) is 32.3 Å². The normalized spacial score (nSPS) is 13.1. The van der Waals surface area contributed by atoms with E-state index in [1.165, 1.54) is 0 Å². The topological polar surface area (TPSA) is 74.2 Å². The van der Waals surface area contributed by atoms with E-state index in [0.29, 0.717) is 24.9 Å². The molecule has 1 aromatic carbocycles. The lowest BCUT2D eigenvalue weighted by molar-refractivity contribution is 0.157. The van der Waals surface area contributed by atoms with Crippen LogP contribution in [-0.4, -0.2) is 62.5 Å². The van der Waals surface area contributed by atoms with E-state index in [2.05, 4.69) is 44.5 Å². The van der Waals surface area contributed by atoms with E-state index in [4.69, 9.17) is 9.47 Å². The van der Waals surface area contributed by atoms with Gasteiger partial charge in [0.15, 0.2) is 5.82 Å². The molecule has 2 N–H and O–H groups in total. The summed E-state index contributed by atoms with van der Waals surface area (Å²) in [5.41, 5.74) is 6.21. The summed E-state index contributed by atoms with van der Waals surface area (Å²) in [4.78, 5) is 9.18. The van der Waals surface area contributed by atoms with Gasteiger partial charge in [0.1, 0.15) is 13.2 Å². The van der Waals surface area contributed by atoms with E-state index in [9.17, 15) is 0 Å². The highest BCUT2D eigenvalue weighted by atomic mass is 16.5. The van der Waals surface area contributed by atoms with E-state index in [-0.39, 0.29) is 0 Å². The minimum atomic E-state index is 0.544. The molecule has 0 radical (unpaired) electrons. The van der Waals surface area contributed by atoms with Crippen molar-refractivity contribution in [1.29, 1.82) is 0 Å². The van der Waals surface area contributed by atoms with Gasteiger partial charge < -0.3 is 24.6 Å². The number of anilines is 3. The fourth-order valence-electron chi connectivity index (χ4n) is 3.56. The Morgan fingerprint density at radius 1 is 1.21 bits per heavy atom. The van der Waals surface area contributed by atoms with Crippen LogP contribution in [0.3, 0.4) is 0 Å². The molecule has 8 nitrogen and oxygen atoms in total. The highest BCUT2D eigenvalue weighted by Crippen LogP contribution is 2.25. The third-order valence-electron chi connectivity index (χ3n) is 5.20. The van der Waals surface area contributed by atoms with Crippen molar-refractivity contribution in [2.24, 2.45) is 5.10 Å². The Hall–Kier alpha value is -3.42. The van der Waals surface area contributed by atoms with Gasteiger partial charge in [0.25, 0.3) is 0 Å². The summed E-state index contributed by atoms with van der Waals surface area (Å²) in [5, 5.41) is 7.54. The molecule has 178 valence electrons. The number of hydrogen-bond acceptors (Lipinski definition) is 8. The molecule has 0 fully saturated rings. The summed E-state index contributed by atoms with van der Waals surface area (Å²) < 4.78 is 11.3. The zero-order chi connectivity index (χ0) is 23.3. The van der Waals surface area contributed by atoms with Crippen molar-refractivity contribution >= 4 is 23.4 Å². The third-order valence-corrected chi connectivity index (χ3v) is 5.20. The van der Waals surface area contributed by atoms with Crippen LogP contribution in [0.4, 0.5) is 17.2 Å². The summed E-state index contributed by atoms with van der Waals surface area (Å²) in [6.45, 7) is 9.25. The molecule has 0 amide bonds. The summed E-state index contributed by atoms with van der Waals surface area (Å²) in [6.07, 6.45) is 7.61. The van der Waals surface area contributed by atoms with Crippen LogP contribution in [0.5, 0.6) is 5.88 Å². The van der Waals surface area contributed by atoms with E-state index in [0.717, 1.165) is 56.0 Å². The fraction of sp³-hybridized carbons (Fsp3) is 0.440. The second kappa shape index (κ2) is 13.2. The molecule has 1 aromatic heterocycles. The summed E-state index contributed by atoms with van der Waals surface area (Å²) in [7, 11) is 1.90. The van der Waals surface area contributed by atoms with Gasteiger partial charge in [-0.3, -0.25) is 5.43 Å². The van der Waals surface area contributed by atoms with Crippen LogP contribution >= 0.6 is 0 Å². The lowest BCUT2D eigenvalue weighted by Crippen LogP contribution is -2.29. The van der Waals surface area contributed by atoms with Crippen molar-refractivity contribution in [1.82, 2.24) is 9.88 Å². The molecule has 8 heteroatoms. The van der Waals surface area contributed by atoms with Crippen LogP contribution in [0.25, 0.3) is 0 Å². The maximum absolute atomic E-state index is 6.04. The first-order chi connectivity index (χ1) is 16.2. The highest BCUT2D eigenvalue weighted by molar-refractivity contribution is 5.81. The van der Waals surface area contributed by atoms with Crippen LogP contribution in [0.15, 0.2) is 54.0 Å². The molecular weight excluding hydrogens is 416 g/mol. The van der Waals surface area contributed by atoms with Crippen molar-refractivity contribution in [3.05, 3.63) is 54.4 Å². The van der Waals surface area contributed by atoms with Crippen LogP contribution in [0.2, 0.25) is 0 Å². The van der Waals surface area contributed by atoms with Gasteiger partial charge in [0, 0.05) is 49.8 Å². The van der Waals surface area contributed by atoms with Gasteiger partial charge in [-0.2, -0.15) is 10.1 Å². The van der Waals surface area contributed by atoms with E-state index < -0.39 is 0 Å². The smallest absolute Gasteiger partial charge is 0.217 e. The zero-order valence-corrected chi connectivity index (χ0v) is 20.0. The Labute approximate surface area is 197 Å². The van der Waals surface area contributed by atoms with Gasteiger partial charge in [-0.15, -0.1) is 0 Å². The molecule has 0 aliphatic carbocycles. The Bertz CT molecular complexity index is 912. The first-order valence-corrected chi connectivity index (χ1v) is 11.7. The Morgan fingerprint density at radius 2 is 2.06 bits per heavy atom. The molecule has 2 heterocycles.